The molecule has 34 heavy (non-hydrogen) atoms. The topological polar surface area (TPSA) is 87.7 Å². The Balaban J connectivity index is 1.53. The zero-order chi connectivity index (χ0) is 24.1. The van der Waals surface area contributed by atoms with Crippen LogP contribution in [-0.4, -0.2) is 37.0 Å². The smallest absolute Gasteiger partial charge is 0.188 e. The predicted octanol–water partition coefficient (Wildman–Crippen LogP) is 5.15. The predicted molar refractivity (Wildman–Crippen MR) is 142 cm³/mol. The van der Waals surface area contributed by atoms with Crippen molar-refractivity contribution in [2.24, 2.45) is 33.9 Å². The van der Waals surface area contributed by atoms with Crippen molar-refractivity contribution in [1.82, 2.24) is 5.32 Å². The van der Waals surface area contributed by atoms with Crippen LogP contribution in [0.5, 0.6) is 0 Å². The molecule has 0 amide bonds. The first-order valence-electron chi connectivity index (χ1n) is 12.2. The molecule has 4 rings (SSSR count). The van der Waals surface area contributed by atoms with Gasteiger partial charge in [0.15, 0.2) is 11.7 Å². The van der Waals surface area contributed by atoms with Crippen LogP contribution in [0.2, 0.25) is 0 Å². The van der Waals surface area contributed by atoms with Gasteiger partial charge < -0.3 is 16.2 Å². The van der Waals surface area contributed by atoms with Gasteiger partial charge in [-0.2, -0.15) is 0 Å². The van der Waals surface area contributed by atoms with Crippen molar-refractivity contribution in [1.29, 1.82) is 0 Å². The van der Waals surface area contributed by atoms with Crippen LogP contribution in [0.4, 0.5) is 0 Å². The van der Waals surface area contributed by atoms with Crippen LogP contribution >= 0.6 is 22.7 Å². The number of aliphatic hydroxyl groups is 1. The highest BCUT2D eigenvalue weighted by molar-refractivity contribution is 7.23. The molecule has 1 spiro atoms. The van der Waals surface area contributed by atoms with E-state index in [0.717, 1.165) is 66.1 Å². The summed E-state index contributed by atoms with van der Waals surface area (Å²) < 4.78 is 0. The summed E-state index contributed by atoms with van der Waals surface area (Å²) in [4.78, 5) is 22.1. The monoisotopic (exact) mass is 497 g/mol. The Hall–Kier alpha value is -2.14. The minimum absolute atomic E-state index is 0.0244. The molecule has 0 bridgehead atoms. The molecule has 2 aliphatic rings. The lowest BCUT2D eigenvalue weighted by Crippen LogP contribution is -2.44. The van der Waals surface area contributed by atoms with E-state index >= 15 is 0 Å². The molecule has 4 atom stereocenters. The molecule has 2 aromatic heterocycles. The summed E-state index contributed by atoms with van der Waals surface area (Å²) in [7, 11) is 1.69. The summed E-state index contributed by atoms with van der Waals surface area (Å²) in [6, 6.07) is 8.27. The van der Waals surface area contributed by atoms with Crippen molar-refractivity contribution in [3.8, 4) is 21.6 Å². The second-order valence-electron chi connectivity index (χ2n) is 9.74. The lowest BCUT2D eigenvalue weighted by molar-refractivity contribution is 0.0452. The van der Waals surface area contributed by atoms with Gasteiger partial charge in [0.2, 0.25) is 0 Å². The van der Waals surface area contributed by atoms with E-state index in [1.165, 1.54) is 4.88 Å². The van der Waals surface area contributed by atoms with E-state index in [-0.39, 0.29) is 17.9 Å². The van der Waals surface area contributed by atoms with Crippen LogP contribution in [0.15, 0.2) is 29.3 Å². The third-order valence-electron chi connectivity index (χ3n) is 7.66. The van der Waals surface area contributed by atoms with Gasteiger partial charge in [-0.05, 0) is 93.4 Å². The fraction of sp³-hybridized carbons (Fsp3) is 0.556. The van der Waals surface area contributed by atoms with E-state index in [0.29, 0.717) is 23.6 Å². The van der Waals surface area contributed by atoms with Gasteiger partial charge in [-0.1, -0.05) is 5.92 Å². The lowest BCUT2D eigenvalue weighted by Gasteiger charge is -2.44. The van der Waals surface area contributed by atoms with Gasteiger partial charge in [-0.3, -0.25) is 9.79 Å². The number of rotatable bonds is 7. The molecule has 2 aromatic rings. The molecule has 4 N–H and O–H groups in total. The maximum atomic E-state index is 13.9. The molecule has 0 aromatic carbocycles. The highest BCUT2D eigenvalue weighted by Crippen LogP contribution is 2.57. The summed E-state index contributed by atoms with van der Waals surface area (Å²) in [6.45, 7) is 2.89. The Labute approximate surface area is 210 Å². The number of nitrogens with two attached hydrogens (primary N) is 1. The molecule has 0 radical (unpaired) electrons. The highest BCUT2D eigenvalue weighted by atomic mass is 32.1. The van der Waals surface area contributed by atoms with Crippen LogP contribution in [0.1, 0.15) is 66.4 Å². The molecular weight excluding hydrogens is 462 g/mol. The number of aliphatic hydroxyl groups excluding tert-OH is 1. The molecule has 2 saturated carbocycles. The molecule has 0 saturated heterocycles. The third-order valence-corrected chi connectivity index (χ3v) is 9.95. The van der Waals surface area contributed by atoms with Gasteiger partial charge in [0.1, 0.15) is 0 Å². The van der Waals surface area contributed by atoms with Crippen molar-refractivity contribution in [3.05, 3.63) is 34.0 Å². The van der Waals surface area contributed by atoms with Gasteiger partial charge in [0, 0.05) is 35.9 Å². The largest absolute Gasteiger partial charge is 0.396 e. The number of carbonyl (C=O) groups is 1. The van der Waals surface area contributed by atoms with Crippen LogP contribution < -0.4 is 11.1 Å². The van der Waals surface area contributed by atoms with Crippen molar-refractivity contribution in [3.63, 3.8) is 0 Å². The Morgan fingerprint density at radius 2 is 1.94 bits per heavy atom. The first kappa shape index (κ1) is 25.0. The SMILES string of the molecule is CC#Cc1ccc(-c2ccc(C(=O)[C@H]3CC[C@H](CNC(N)=NC)C[C@@]34CC[C@H](CCO)C4)s2)s1. The van der Waals surface area contributed by atoms with E-state index in [1.54, 1.807) is 29.7 Å². The summed E-state index contributed by atoms with van der Waals surface area (Å²) >= 11 is 3.30. The van der Waals surface area contributed by atoms with E-state index in [9.17, 15) is 9.90 Å². The maximum absolute atomic E-state index is 13.9. The molecule has 2 aliphatic carbocycles. The van der Waals surface area contributed by atoms with E-state index in [2.05, 4.69) is 40.3 Å². The van der Waals surface area contributed by atoms with Crippen molar-refractivity contribution in [2.75, 3.05) is 20.2 Å². The molecule has 182 valence electrons. The number of nitrogens with one attached hydrogen (secondary N) is 1. The molecule has 0 unspecified atom stereocenters. The van der Waals surface area contributed by atoms with Gasteiger partial charge in [0.25, 0.3) is 0 Å². The highest BCUT2D eigenvalue weighted by Gasteiger charge is 2.51. The number of hydrogen-bond acceptors (Lipinski definition) is 5. The number of hydrogen-bond donors (Lipinski definition) is 3. The first-order chi connectivity index (χ1) is 16.5. The number of Topliss-reactive ketones (excluding diaryl/α,β-unsaturated/α-hetero) is 1. The third kappa shape index (κ3) is 5.40. The molecular formula is C27H35N3O2S2. The number of guanidine groups is 1. The Morgan fingerprint density at radius 3 is 2.71 bits per heavy atom. The summed E-state index contributed by atoms with van der Waals surface area (Å²) in [5.41, 5.74) is 5.89. The van der Waals surface area contributed by atoms with E-state index in [1.807, 2.05) is 13.0 Å². The minimum atomic E-state index is 0.0244. The fourth-order valence-corrected chi connectivity index (χ4v) is 8.08. The lowest BCUT2D eigenvalue weighted by atomic mass is 9.60. The van der Waals surface area contributed by atoms with Crippen molar-refractivity contribution >= 4 is 34.4 Å². The maximum Gasteiger partial charge on any atom is 0.188 e. The molecule has 2 heterocycles. The molecule has 0 aliphatic heterocycles. The Bertz CT molecular complexity index is 1090. The summed E-state index contributed by atoms with van der Waals surface area (Å²) in [6.07, 6.45) is 7.04. The zero-order valence-electron chi connectivity index (χ0n) is 20.1. The number of ketones is 1. The second kappa shape index (κ2) is 11.1. The normalized spacial score (nSPS) is 26.9. The summed E-state index contributed by atoms with van der Waals surface area (Å²) in [5, 5.41) is 12.8. The van der Waals surface area contributed by atoms with Gasteiger partial charge in [-0.25, -0.2) is 0 Å². The average molecular weight is 498 g/mol. The molecule has 5 nitrogen and oxygen atoms in total. The number of aliphatic imine (C=N–C) groups is 1. The van der Waals surface area contributed by atoms with Crippen LogP contribution in [-0.2, 0) is 0 Å². The summed E-state index contributed by atoms with van der Waals surface area (Å²) in [5.74, 6) is 7.92. The number of nitrogens with zero attached hydrogens (tertiary/aromatic N) is 1. The Morgan fingerprint density at radius 1 is 1.18 bits per heavy atom. The molecule has 2 fully saturated rings. The van der Waals surface area contributed by atoms with Crippen LogP contribution in [0.25, 0.3) is 9.75 Å². The number of thiophene rings is 2. The van der Waals surface area contributed by atoms with Crippen LogP contribution in [0, 0.1) is 35.0 Å². The second-order valence-corrected chi connectivity index (χ2v) is 11.9. The van der Waals surface area contributed by atoms with E-state index < -0.39 is 0 Å². The first-order valence-corrected chi connectivity index (χ1v) is 13.9. The van der Waals surface area contributed by atoms with Crippen molar-refractivity contribution in [2.45, 2.75) is 51.9 Å². The Kier molecular flexibility index (Phi) is 8.13. The quantitative estimate of drug-likeness (QED) is 0.214. The van der Waals surface area contributed by atoms with Crippen molar-refractivity contribution < 1.29 is 9.90 Å². The van der Waals surface area contributed by atoms with Gasteiger partial charge in [0.05, 0.1) is 9.75 Å². The fourth-order valence-electron chi connectivity index (χ4n) is 6.08. The average Bonchev–Trinajstić information content (AvgIpc) is 3.58. The number of carbonyl (C=O) groups excluding carboxylic acids is 1. The van der Waals surface area contributed by atoms with Gasteiger partial charge in [-0.15, -0.1) is 28.6 Å². The van der Waals surface area contributed by atoms with Crippen LogP contribution in [0.3, 0.4) is 0 Å². The zero-order valence-corrected chi connectivity index (χ0v) is 21.7. The standard InChI is InChI=1S/C27H35N3O2S2/c1-3-4-20-6-8-22(33-20)23-9-10-24(34-23)25(32)21-7-5-19(17-30-26(28)29-2)16-27(21)13-11-18(15-27)12-14-31/h6,8-10,18-19,21,31H,5,7,11-17H2,1-2H3,(H3,28,29,30)/t18-,19+,21-,27+/m1/s1. The molecule has 7 heteroatoms. The van der Waals surface area contributed by atoms with E-state index in [4.69, 9.17) is 5.73 Å². The van der Waals surface area contributed by atoms with Gasteiger partial charge >= 0.3 is 0 Å². The minimum Gasteiger partial charge on any atom is -0.396 e.